The zero-order valence-corrected chi connectivity index (χ0v) is 11.3. The van der Waals surface area contributed by atoms with E-state index < -0.39 is 0 Å². The summed E-state index contributed by atoms with van der Waals surface area (Å²) in [5.41, 5.74) is 1.85. The number of unbranched alkanes of at least 4 members (excludes halogenated alkanes) is 3. The maximum atomic E-state index is 9.24. The van der Waals surface area contributed by atoms with Gasteiger partial charge in [-0.05, 0) is 18.8 Å². The maximum Gasteiger partial charge on any atom is 0.111 e. The van der Waals surface area contributed by atoms with E-state index in [-0.39, 0.29) is 6.61 Å². The Morgan fingerprint density at radius 2 is 2.00 bits per heavy atom. The van der Waals surface area contributed by atoms with E-state index in [1.807, 2.05) is 4.68 Å². The van der Waals surface area contributed by atoms with Gasteiger partial charge in [0.05, 0.1) is 12.3 Å². The van der Waals surface area contributed by atoms with Crippen LogP contribution >= 0.6 is 0 Å². The molecule has 0 aliphatic carbocycles. The van der Waals surface area contributed by atoms with E-state index in [0.29, 0.717) is 5.92 Å². The first-order chi connectivity index (χ1) is 8.19. The molecule has 1 aromatic rings. The standard InChI is InChI=1S/C13H25N3O/c1-4-5-6-7-8-16-13(9-11(2)3)12(10-17)14-15-16/h11,17H,4-10H2,1-3H3. The number of rotatable bonds is 8. The van der Waals surface area contributed by atoms with E-state index in [4.69, 9.17) is 0 Å². The highest BCUT2D eigenvalue weighted by Gasteiger charge is 2.12. The minimum Gasteiger partial charge on any atom is -0.390 e. The van der Waals surface area contributed by atoms with E-state index in [1.54, 1.807) is 0 Å². The fraction of sp³-hybridized carbons (Fsp3) is 0.846. The number of aliphatic hydroxyl groups is 1. The lowest BCUT2D eigenvalue weighted by Crippen LogP contribution is -2.09. The molecule has 0 atom stereocenters. The Kier molecular flexibility index (Phi) is 6.19. The zero-order valence-electron chi connectivity index (χ0n) is 11.3. The number of aromatic nitrogens is 3. The third-order valence-electron chi connectivity index (χ3n) is 2.89. The van der Waals surface area contributed by atoms with Crippen molar-refractivity contribution >= 4 is 0 Å². The van der Waals surface area contributed by atoms with Crippen LogP contribution < -0.4 is 0 Å². The molecule has 17 heavy (non-hydrogen) atoms. The molecular weight excluding hydrogens is 214 g/mol. The molecule has 0 saturated heterocycles. The molecule has 0 aliphatic heterocycles. The van der Waals surface area contributed by atoms with Crippen LogP contribution in [0.2, 0.25) is 0 Å². The number of nitrogens with zero attached hydrogens (tertiary/aromatic N) is 3. The predicted molar refractivity (Wildman–Crippen MR) is 68.6 cm³/mol. The van der Waals surface area contributed by atoms with Crippen LogP contribution in [0.25, 0.3) is 0 Å². The Hall–Kier alpha value is -0.900. The van der Waals surface area contributed by atoms with E-state index in [9.17, 15) is 5.11 Å². The topological polar surface area (TPSA) is 50.9 Å². The summed E-state index contributed by atoms with van der Waals surface area (Å²) in [5, 5.41) is 17.4. The number of hydrogen-bond acceptors (Lipinski definition) is 3. The van der Waals surface area contributed by atoms with Crippen LogP contribution in [0.1, 0.15) is 57.8 Å². The molecule has 4 nitrogen and oxygen atoms in total. The van der Waals surface area contributed by atoms with Crippen molar-refractivity contribution < 1.29 is 5.11 Å². The number of aryl methyl sites for hydroxylation is 1. The van der Waals surface area contributed by atoms with Gasteiger partial charge in [-0.15, -0.1) is 5.10 Å². The molecule has 98 valence electrons. The van der Waals surface area contributed by atoms with E-state index in [1.165, 1.54) is 19.3 Å². The summed E-state index contributed by atoms with van der Waals surface area (Å²) in [6.07, 6.45) is 5.86. The molecule has 0 radical (unpaired) electrons. The van der Waals surface area contributed by atoms with Crippen molar-refractivity contribution in [2.24, 2.45) is 5.92 Å². The molecule has 1 rings (SSSR count). The van der Waals surface area contributed by atoms with Crippen molar-refractivity contribution in [3.8, 4) is 0 Å². The van der Waals surface area contributed by atoms with E-state index in [0.717, 1.165) is 30.8 Å². The fourth-order valence-corrected chi connectivity index (χ4v) is 1.97. The molecule has 0 bridgehead atoms. The molecule has 0 saturated carbocycles. The van der Waals surface area contributed by atoms with Gasteiger partial charge in [0.15, 0.2) is 0 Å². The summed E-state index contributed by atoms with van der Waals surface area (Å²) in [6.45, 7) is 7.49. The Balaban J connectivity index is 2.60. The van der Waals surface area contributed by atoms with Gasteiger partial charge < -0.3 is 5.11 Å². The maximum absolute atomic E-state index is 9.24. The average Bonchev–Trinajstić information content (AvgIpc) is 2.66. The molecule has 1 N–H and O–H groups in total. The summed E-state index contributed by atoms with van der Waals surface area (Å²) < 4.78 is 1.97. The Labute approximate surface area is 104 Å². The highest BCUT2D eigenvalue weighted by atomic mass is 16.3. The first-order valence-corrected chi connectivity index (χ1v) is 6.71. The Morgan fingerprint density at radius 1 is 1.24 bits per heavy atom. The monoisotopic (exact) mass is 239 g/mol. The molecule has 0 unspecified atom stereocenters. The summed E-state index contributed by atoms with van der Waals surface area (Å²) in [5.74, 6) is 0.563. The van der Waals surface area contributed by atoms with Crippen molar-refractivity contribution in [3.05, 3.63) is 11.4 Å². The van der Waals surface area contributed by atoms with Crippen LogP contribution in [-0.4, -0.2) is 20.1 Å². The largest absolute Gasteiger partial charge is 0.390 e. The number of aliphatic hydroxyl groups excluding tert-OH is 1. The molecule has 1 aromatic heterocycles. The van der Waals surface area contributed by atoms with Crippen LogP contribution in [0, 0.1) is 5.92 Å². The zero-order chi connectivity index (χ0) is 12.7. The molecule has 4 heteroatoms. The first-order valence-electron chi connectivity index (χ1n) is 6.71. The Bertz CT molecular complexity index is 320. The second-order valence-electron chi connectivity index (χ2n) is 5.02. The second-order valence-corrected chi connectivity index (χ2v) is 5.02. The highest BCUT2D eigenvalue weighted by molar-refractivity contribution is 5.09. The SMILES string of the molecule is CCCCCCn1nnc(CO)c1CC(C)C. The molecular formula is C13H25N3O. The van der Waals surface area contributed by atoms with Crippen LogP contribution in [0.5, 0.6) is 0 Å². The lowest BCUT2D eigenvalue weighted by Gasteiger charge is -2.09. The molecule has 0 aliphatic rings. The minimum atomic E-state index is -0.00296. The van der Waals surface area contributed by atoms with Gasteiger partial charge in [0.2, 0.25) is 0 Å². The van der Waals surface area contributed by atoms with Crippen LogP contribution in [-0.2, 0) is 19.6 Å². The quantitative estimate of drug-likeness (QED) is 0.709. The van der Waals surface area contributed by atoms with Crippen LogP contribution in [0.15, 0.2) is 0 Å². The van der Waals surface area contributed by atoms with Gasteiger partial charge in [0.25, 0.3) is 0 Å². The summed E-state index contributed by atoms with van der Waals surface area (Å²) >= 11 is 0. The van der Waals surface area contributed by atoms with Crippen LogP contribution in [0.4, 0.5) is 0 Å². The minimum absolute atomic E-state index is 0.00296. The fourth-order valence-electron chi connectivity index (χ4n) is 1.97. The molecule has 1 heterocycles. The van der Waals surface area contributed by atoms with Gasteiger partial charge in [-0.2, -0.15) is 0 Å². The summed E-state index contributed by atoms with van der Waals surface area (Å²) in [6, 6.07) is 0. The predicted octanol–water partition coefficient (Wildman–Crippen LogP) is 2.55. The lowest BCUT2D eigenvalue weighted by molar-refractivity contribution is 0.275. The van der Waals surface area contributed by atoms with Crippen molar-refractivity contribution in [1.29, 1.82) is 0 Å². The number of hydrogen-bond donors (Lipinski definition) is 1. The highest BCUT2D eigenvalue weighted by Crippen LogP contribution is 2.13. The second kappa shape index (κ2) is 7.43. The molecule has 0 aromatic carbocycles. The van der Waals surface area contributed by atoms with E-state index in [2.05, 4.69) is 31.1 Å². The summed E-state index contributed by atoms with van der Waals surface area (Å²) in [4.78, 5) is 0. The third-order valence-corrected chi connectivity index (χ3v) is 2.89. The third kappa shape index (κ3) is 4.46. The van der Waals surface area contributed by atoms with Crippen molar-refractivity contribution in [3.63, 3.8) is 0 Å². The van der Waals surface area contributed by atoms with Crippen molar-refractivity contribution in [2.45, 2.75) is 66.0 Å². The van der Waals surface area contributed by atoms with E-state index >= 15 is 0 Å². The van der Waals surface area contributed by atoms with Gasteiger partial charge >= 0.3 is 0 Å². The van der Waals surface area contributed by atoms with Crippen LogP contribution in [0.3, 0.4) is 0 Å². The van der Waals surface area contributed by atoms with Gasteiger partial charge in [0, 0.05) is 6.54 Å². The van der Waals surface area contributed by atoms with Gasteiger partial charge in [-0.1, -0.05) is 45.2 Å². The lowest BCUT2D eigenvalue weighted by atomic mass is 10.1. The first kappa shape index (κ1) is 14.2. The smallest absolute Gasteiger partial charge is 0.111 e. The average molecular weight is 239 g/mol. The van der Waals surface area contributed by atoms with Gasteiger partial charge in [0.1, 0.15) is 5.69 Å². The summed E-state index contributed by atoms with van der Waals surface area (Å²) in [7, 11) is 0. The molecule has 0 fully saturated rings. The van der Waals surface area contributed by atoms with Crippen molar-refractivity contribution in [2.75, 3.05) is 0 Å². The van der Waals surface area contributed by atoms with Gasteiger partial charge in [-0.25, -0.2) is 4.68 Å². The van der Waals surface area contributed by atoms with Gasteiger partial charge in [-0.3, -0.25) is 0 Å². The normalized spacial score (nSPS) is 11.4. The Morgan fingerprint density at radius 3 is 2.59 bits per heavy atom. The van der Waals surface area contributed by atoms with Crippen molar-refractivity contribution in [1.82, 2.24) is 15.0 Å². The molecule has 0 amide bonds. The molecule has 0 spiro atoms.